The molecule has 0 aliphatic carbocycles. The SMILES string of the molecule is CCC1(C(=O)Nc2ccc(C(C)=O)cc2)CCNC1. The molecule has 2 N–H and O–H groups in total. The molecule has 4 heteroatoms. The number of carbonyl (C=O) groups is 2. The highest BCUT2D eigenvalue weighted by Gasteiger charge is 2.39. The molecule has 1 amide bonds. The number of hydrogen-bond donors (Lipinski definition) is 2. The van der Waals surface area contributed by atoms with E-state index in [0.29, 0.717) is 5.56 Å². The third-order valence-corrected chi connectivity index (χ3v) is 3.95. The summed E-state index contributed by atoms with van der Waals surface area (Å²) in [5.74, 6) is 0.0958. The largest absolute Gasteiger partial charge is 0.326 e. The fraction of sp³-hybridized carbons (Fsp3) is 0.467. The van der Waals surface area contributed by atoms with E-state index < -0.39 is 0 Å². The first-order valence-corrected chi connectivity index (χ1v) is 6.70. The molecule has 4 nitrogen and oxygen atoms in total. The minimum absolute atomic E-state index is 0.0305. The molecule has 1 aliphatic rings. The van der Waals surface area contributed by atoms with Crippen molar-refractivity contribution in [2.24, 2.45) is 5.41 Å². The van der Waals surface area contributed by atoms with Gasteiger partial charge in [0.25, 0.3) is 0 Å². The summed E-state index contributed by atoms with van der Waals surface area (Å²) >= 11 is 0. The normalized spacial score (nSPS) is 22.2. The van der Waals surface area contributed by atoms with Gasteiger partial charge in [0.2, 0.25) is 5.91 Å². The molecule has 0 saturated carbocycles. The zero-order chi connectivity index (χ0) is 13.9. The number of anilines is 1. The molecule has 0 spiro atoms. The van der Waals surface area contributed by atoms with Gasteiger partial charge in [-0.1, -0.05) is 6.92 Å². The second kappa shape index (κ2) is 5.53. The summed E-state index contributed by atoms with van der Waals surface area (Å²) in [5, 5.41) is 6.20. The molecule has 1 heterocycles. The number of nitrogens with one attached hydrogen (secondary N) is 2. The van der Waals surface area contributed by atoms with Crippen molar-refractivity contribution in [2.75, 3.05) is 18.4 Å². The van der Waals surface area contributed by atoms with Crippen molar-refractivity contribution < 1.29 is 9.59 Å². The molecule has 1 saturated heterocycles. The van der Waals surface area contributed by atoms with Crippen molar-refractivity contribution in [1.29, 1.82) is 0 Å². The molecule has 19 heavy (non-hydrogen) atoms. The van der Waals surface area contributed by atoms with Crippen LogP contribution >= 0.6 is 0 Å². The van der Waals surface area contributed by atoms with Crippen LogP contribution in [0.25, 0.3) is 0 Å². The standard InChI is InChI=1S/C15H20N2O2/c1-3-15(8-9-16-10-15)14(19)17-13-6-4-12(5-7-13)11(2)18/h4-7,16H,3,8-10H2,1-2H3,(H,17,19). The van der Waals surface area contributed by atoms with Crippen molar-refractivity contribution in [1.82, 2.24) is 5.32 Å². The molecule has 0 radical (unpaired) electrons. The smallest absolute Gasteiger partial charge is 0.231 e. The van der Waals surface area contributed by atoms with E-state index in [1.807, 2.05) is 6.92 Å². The number of ketones is 1. The Morgan fingerprint density at radius 2 is 2.00 bits per heavy atom. The number of hydrogen-bond acceptors (Lipinski definition) is 3. The van der Waals surface area contributed by atoms with Crippen LogP contribution in [0.2, 0.25) is 0 Å². The Labute approximate surface area is 113 Å². The van der Waals surface area contributed by atoms with Gasteiger partial charge in [-0.15, -0.1) is 0 Å². The van der Waals surface area contributed by atoms with Crippen LogP contribution in [0, 0.1) is 5.41 Å². The predicted octanol–water partition coefficient (Wildman–Crippen LogP) is 2.22. The van der Waals surface area contributed by atoms with Gasteiger partial charge in [-0.05, 0) is 50.6 Å². The van der Waals surface area contributed by atoms with E-state index in [9.17, 15) is 9.59 Å². The van der Waals surface area contributed by atoms with Gasteiger partial charge in [0.05, 0.1) is 5.41 Å². The monoisotopic (exact) mass is 260 g/mol. The zero-order valence-corrected chi connectivity index (χ0v) is 11.5. The molecule has 1 fully saturated rings. The molecule has 1 aliphatic heterocycles. The predicted molar refractivity (Wildman–Crippen MR) is 75.3 cm³/mol. The average molecular weight is 260 g/mol. The number of rotatable bonds is 4. The van der Waals surface area contributed by atoms with Crippen LogP contribution in [0.1, 0.15) is 37.0 Å². The second-order valence-electron chi connectivity index (χ2n) is 5.15. The Balaban J connectivity index is 2.08. The molecule has 2 rings (SSSR count). The van der Waals surface area contributed by atoms with Crippen LogP contribution < -0.4 is 10.6 Å². The summed E-state index contributed by atoms with van der Waals surface area (Å²) in [6, 6.07) is 7.04. The maximum absolute atomic E-state index is 12.4. The summed E-state index contributed by atoms with van der Waals surface area (Å²) in [7, 11) is 0. The number of Topliss-reactive ketones (excluding diaryl/α,β-unsaturated/α-hetero) is 1. The van der Waals surface area contributed by atoms with Crippen LogP contribution in [0.5, 0.6) is 0 Å². The van der Waals surface area contributed by atoms with E-state index in [2.05, 4.69) is 10.6 Å². The molecular weight excluding hydrogens is 240 g/mol. The third kappa shape index (κ3) is 2.84. The third-order valence-electron chi connectivity index (χ3n) is 3.95. The lowest BCUT2D eigenvalue weighted by atomic mass is 9.83. The zero-order valence-electron chi connectivity index (χ0n) is 11.5. The number of carbonyl (C=O) groups excluding carboxylic acids is 2. The highest BCUT2D eigenvalue weighted by atomic mass is 16.2. The molecule has 0 aromatic heterocycles. The molecule has 1 atom stereocenters. The average Bonchev–Trinajstić information content (AvgIpc) is 2.89. The molecule has 1 aromatic rings. The van der Waals surface area contributed by atoms with E-state index in [1.54, 1.807) is 24.3 Å². The van der Waals surface area contributed by atoms with Gasteiger partial charge in [-0.3, -0.25) is 9.59 Å². The first kappa shape index (κ1) is 13.7. The van der Waals surface area contributed by atoms with Gasteiger partial charge in [0.15, 0.2) is 5.78 Å². The van der Waals surface area contributed by atoms with Gasteiger partial charge in [0, 0.05) is 17.8 Å². The molecule has 102 valence electrons. The highest BCUT2D eigenvalue weighted by molar-refractivity contribution is 5.97. The maximum atomic E-state index is 12.4. The van der Waals surface area contributed by atoms with Gasteiger partial charge >= 0.3 is 0 Å². The summed E-state index contributed by atoms with van der Waals surface area (Å²) < 4.78 is 0. The minimum atomic E-state index is -0.292. The van der Waals surface area contributed by atoms with Crippen LogP contribution in [0.15, 0.2) is 24.3 Å². The number of benzene rings is 1. The van der Waals surface area contributed by atoms with E-state index in [0.717, 1.165) is 31.6 Å². The summed E-state index contributed by atoms with van der Waals surface area (Å²) in [5.41, 5.74) is 1.11. The fourth-order valence-electron chi connectivity index (χ4n) is 2.45. The number of amides is 1. The molecule has 1 aromatic carbocycles. The van der Waals surface area contributed by atoms with Gasteiger partial charge in [-0.25, -0.2) is 0 Å². The molecular formula is C15H20N2O2. The van der Waals surface area contributed by atoms with E-state index in [-0.39, 0.29) is 17.1 Å². The van der Waals surface area contributed by atoms with E-state index in [4.69, 9.17) is 0 Å². The Kier molecular flexibility index (Phi) is 4.00. The van der Waals surface area contributed by atoms with Crippen LogP contribution in [-0.2, 0) is 4.79 Å². The topological polar surface area (TPSA) is 58.2 Å². The Morgan fingerprint density at radius 3 is 2.47 bits per heavy atom. The van der Waals surface area contributed by atoms with Crippen molar-refractivity contribution in [3.8, 4) is 0 Å². The first-order valence-electron chi connectivity index (χ1n) is 6.70. The first-order chi connectivity index (χ1) is 9.07. The lowest BCUT2D eigenvalue weighted by molar-refractivity contribution is -0.124. The maximum Gasteiger partial charge on any atom is 0.231 e. The minimum Gasteiger partial charge on any atom is -0.326 e. The van der Waals surface area contributed by atoms with E-state index >= 15 is 0 Å². The van der Waals surface area contributed by atoms with Crippen molar-refractivity contribution >= 4 is 17.4 Å². The Hall–Kier alpha value is -1.68. The van der Waals surface area contributed by atoms with Crippen LogP contribution in [-0.4, -0.2) is 24.8 Å². The van der Waals surface area contributed by atoms with Gasteiger partial charge in [0.1, 0.15) is 0 Å². The van der Waals surface area contributed by atoms with Gasteiger partial charge < -0.3 is 10.6 Å². The highest BCUT2D eigenvalue weighted by Crippen LogP contribution is 2.30. The van der Waals surface area contributed by atoms with E-state index in [1.165, 1.54) is 6.92 Å². The van der Waals surface area contributed by atoms with Crippen LogP contribution in [0.4, 0.5) is 5.69 Å². The summed E-state index contributed by atoms with van der Waals surface area (Å²) in [4.78, 5) is 23.6. The fourth-order valence-corrected chi connectivity index (χ4v) is 2.45. The quantitative estimate of drug-likeness (QED) is 0.816. The van der Waals surface area contributed by atoms with Crippen molar-refractivity contribution in [3.05, 3.63) is 29.8 Å². The second-order valence-corrected chi connectivity index (χ2v) is 5.15. The van der Waals surface area contributed by atoms with Crippen molar-refractivity contribution in [2.45, 2.75) is 26.7 Å². The van der Waals surface area contributed by atoms with Gasteiger partial charge in [-0.2, -0.15) is 0 Å². The molecule has 1 unspecified atom stereocenters. The Morgan fingerprint density at radius 1 is 1.32 bits per heavy atom. The Bertz CT molecular complexity index is 473. The van der Waals surface area contributed by atoms with Crippen molar-refractivity contribution in [3.63, 3.8) is 0 Å². The summed E-state index contributed by atoms with van der Waals surface area (Å²) in [6.07, 6.45) is 1.71. The lowest BCUT2D eigenvalue weighted by Gasteiger charge is -2.25. The molecule has 0 bridgehead atoms. The summed E-state index contributed by atoms with van der Waals surface area (Å²) in [6.45, 7) is 5.21. The lowest BCUT2D eigenvalue weighted by Crippen LogP contribution is -2.37. The van der Waals surface area contributed by atoms with Crippen LogP contribution in [0.3, 0.4) is 0 Å².